The Morgan fingerprint density at radius 3 is 2.79 bits per heavy atom. The lowest BCUT2D eigenvalue weighted by molar-refractivity contribution is 0.598. The molecule has 1 heterocycles. The SMILES string of the molecule is CCCCCCNCc1ccc2nc(C)ccc2c1. The van der Waals surface area contributed by atoms with Crippen LogP contribution in [0.1, 0.15) is 43.9 Å². The number of benzene rings is 1. The average Bonchev–Trinajstić information content (AvgIpc) is 2.43. The molecule has 0 bridgehead atoms. The number of aryl methyl sites for hydroxylation is 1. The molecule has 0 radical (unpaired) electrons. The fraction of sp³-hybridized carbons (Fsp3) is 0.471. The molecule has 2 aromatic rings. The van der Waals surface area contributed by atoms with E-state index in [4.69, 9.17) is 0 Å². The normalized spacial score (nSPS) is 11.1. The van der Waals surface area contributed by atoms with Gasteiger partial charge in [0.2, 0.25) is 0 Å². The number of hydrogen-bond donors (Lipinski definition) is 1. The molecule has 0 aliphatic heterocycles. The summed E-state index contributed by atoms with van der Waals surface area (Å²) >= 11 is 0. The molecule has 2 rings (SSSR count). The van der Waals surface area contributed by atoms with Crippen molar-refractivity contribution >= 4 is 10.9 Å². The van der Waals surface area contributed by atoms with Gasteiger partial charge in [-0.05, 0) is 43.7 Å². The summed E-state index contributed by atoms with van der Waals surface area (Å²) in [5, 5.41) is 4.75. The smallest absolute Gasteiger partial charge is 0.0705 e. The van der Waals surface area contributed by atoms with Crippen molar-refractivity contribution in [2.75, 3.05) is 6.54 Å². The van der Waals surface area contributed by atoms with Crippen molar-refractivity contribution in [2.45, 2.75) is 46.1 Å². The van der Waals surface area contributed by atoms with Crippen LogP contribution in [0.5, 0.6) is 0 Å². The van der Waals surface area contributed by atoms with Crippen molar-refractivity contribution in [2.24, 2.45) is 0 Å². The van der Waals surface area contributed by atoms with Gasteiger partial charge in [0.05, 0.1) is 5.52 Å². The molecule has 2 heteroatoms. The van der Waals surface area contributed by atoms with Gasteiger partial charge in [0.25, 0.3) is 0 Å². The van der Waals surface area contributed by atoms with Gasteiger partial charge in [-0.3, -0.25) is 4.98 Å². The molecule has 0 unspecified atom stereocenters. The van der Waals surface area contributed by atoms with E-state index in [0.29, 0.717) is 0 Å². The Morgan fingerprint density at radius 1 is 1.05 bits per heavy atom. The van der Waals surface area contributed by atoms with Crippen LogP contribution in [-0.4, -0.2) is 11.5 Å². The Balaban J connectivity index is 1.86. The van der Waals surface area contributed by atoms with Crippen molar-refractivity contribution in [3.63, 3.8) is 0 Å². The highest BCUT2D eigenvalue weighted by Crippen LogP contribution is 2.14. The standard InChI is InChI=1S/C17H24N2/c1-3-4-5-6-11-18-13-15-8-10-17-16(12-15)9-7-14(2)19-17/h7-10,12,18H,3-6,11,13H2,1-2H3. The Kier molecular flexibility index (Phi) is 5.34. The van der Waals surface area contributed by atoms with Crippen LogP contribution in [0.2, 0.25) is 0 Å². The molecule has 102 valence electrons. The van der Waals surface area contributed by atoms with Crippen molar-refractivity contribution in [3.05, 3.63) is 41.6 Å². The lowest BCUT2D eigenvalue weighted by Crippen LogP contribution is -2.14. The number of unbranched alkanes of at least 4 members (excludes halogenated alkanes) is 3. The van der Waals surface area contributed by atoms with Crippen LogP contribution in [0, 0.1) is 6.92 Å². The van der Waals surface area contributed by atoms with Crippen LogP contribution in [-0.2, 0) is 6.54 Å². The van der Waals surface area contributed by atoms with Gasteiger partial charge in [-0.2, -0.15) is 0 Å². The first-order chi connectivity index (χ1) is 9.29. The zero-order chi connectivity index (χ0) is 13.5. The summed E-state index contributed by atoms with van der Waals surface area (Å²) in [4.78, 5) is 4.53. The molecule has 0 aliphatic rings. The minimum absolute atomic E-state index is 0.954. The van der Waals surface area contributed by atoms with Crippen molar-refractivity contribution in [1.29, 1.82) is 0 Å². The van der Waals surface area contributed by atoms with Crippen LogP contribution >= 0.6 is 0 Å². The van der Waals surface area contributed by atoms with Crippen LogP contribution in [0.4, 0.5) is 0 Å². The number of nitrogens with one attached hydrogen (secondary N) is 1. The third-order valence-corrected chi connectivity index (χ3v) is 3.43. The molecular weight excluding hydrogens is 232 g/mol. The first-order valence-corrected chi connectivity index (χ1v) is 7.36. The number of rotatable bonds is 7. The van der Waals surface area contributed by atoms with E-state index in [2.05, 4.69) is 47.6 Å². The van der Waals surface area contributed by atoms with Gasteiger partial charge >= 0.3 is 0 Å². The first kappa shape index (κ1) is 14.0. The molecule has 1 N–H and O–H groups in total. The summed E-state index contributed by atoms with van der Waals surface area (Å²) in [5.41, 5.74) is 3.51. The molecule has 2 nitrogen and oxygen atoms in total. The maximum Gasteiger partial charge on any atom is 0.0705 e. The van der Waals surface area contributed by atoms with E-state index in [-0.39, 0.29) is 0 Å². The quantitative estimate of drug-likeness (QED) is 0.750. The highest BCUT2D eigenvalue weighted by atomic mass is 14.8. The van der Waals surface area contributed by atoms with Crippen molar-refractivity contribution in [3.8, 4) is 0 Å². The molecule has 0 saturated heterocycles. The zero-order valence-corrected chi connectivity index (χ0v) is 12.1. The number of hydrogen-bond acceptors (Lipinski definition) is 2. The van der Waals surface area contributed by atoms with E-state index in [1.54, 1.807) is 0 Å². The van der Waals surface area contributed by atoms with Gasteiger partial charge < -0.3 is 5.32 Å². The highest BCUT2D eigenvalue weighted by Gasteiger charge is 1.98. The third kappa shape index (κ3) is 4.32. The molecule has 0 amide bonds. The monoisotopic (exact) mass is 256 g/mol. The van der Waals surface area contributed by atoms with E-state index >= 15 is 0 Å². The second-order valence-electron chi connectivity index (χ2n) is 5.22. The maximum absolute atomic E-state index is 4.53. The fourth-order valence-electron chi connectivity index (χ4n) is 2.30. The van der Waals surface area contributed by atoms with E-state index in [1.807, 2.05) is 6.92 Å². The number of fused-ring (bicyclic) bond motifs is 1. The summed E-state index contributed by atoms with van der Waals surface area (Å²) in [6.45, 7) is 6.35. The van der Waals surface area contributed by atoms with Gasteiger partial charge in [-0.15, -0.1) is 0 Å². The number of pyridine rings is 1. The molecule has 0 atom stereocenters. The predicted molar refractivity (Wildman–Crippen MR) is 82.3 cm³/mol. The molecular formula is C17H24N2. The molecule has 0 saturated carbocycles. The lowest BCUT2D eigenvalue weighted by Gasteiger charge is -2.06. The van der Waals surface area contributed by atoms with E-state index in [0.717, 1.165) is 24.3 Å². The van der Waals surface area contributed by atoms with E-state index < -0.39 is 0 Å². The highest BCUT2D eigenvalue weighted by molar-refractivity contribution is 5.79. The predicted octanol–water partition coefficient (Wildman–Crippen LogP) is 4.21. The van der Waals surface area contributed by atoms with Crippen LogP contribution < -0.4 is 5.32 Å². The Labute approximate surface area is 116 Å². The molecule has 19 heavy (non-hydrogen) atoms. The zero-order valence-electron chi connectivity index (χ0n) is 12.1. The summed E-state index contributed by atoms with van der Waals surface area (Å²) in [6, 6.07) is 10.8. The molecule has 0 aliphatic carbocycles. The van der Waals surface area contributed by atoms with E-state index in [9.17, 15) is 0 Å². The summed E-state index contributed by atoms with van der Waals surface area (Å²) < 4.78 is 0. The van der Waals surface area contributed by atoms with Gasteiger partial charge in [-0.25, -0.2) is 0 Å². The second-order valence-corrected chi connectivity index (χ2v) is 5.22. The number of aromatic nitrogens is 1. The minimum Gasteiger partial charge on any atom is -0.313 e. The number of nitrogens with zero attached hydrogens (tertiary/aromatic N) is 1. The summed E-state index contributed by atoms with van der Waals surface area (Å²) in [5.74, 6) is 0. The average molecular weight is 256 g/mol. The van der Waals surface area contributed by atoms with Crippen LogP contribution in [0.25, 0.3) is 10.9 Å². The van der Waals surface area contributed by atoms with Crippen LogP contribution in [0.3, 0.4) is 0 Å². The third-order valence-electron chi connectivity index (χ3n) is 3.43. The maximum atomic E-state index is 4.53. The Morgan fingerprint density at radius 2 is 1.95 bits per heavy atom. The summed E-state index contributed by atoms with van der Waals surface area (Å²) in [6.07, 6.45) is 5.27. The topological polar surface area (TPSA) is 24.9 Å². The molecule has 1 aromatic carbocycles. The molecule has 0 fully saturated rings. The Hall–Kier alpha value is -1.41. The largest absolute Gasteiger partial charge is 0.313 e. The first-order valence-electron chi connectivity index (χ1n) is 7.36. The fourth-order valence-corrected chi connectivity index (χ4v) is 2.30. The van der Waals surface area contributed by atoms with Crippen LogP contribution in [0.15, 0.2) is 30.3 Å². The van der Waals surface area contributed by atoms with Crippen molar-refractivity contribution < 1.29 is 0 Å². The van der Waals surface area contributed by atoms with Gasteiger partial charge in [0, 0.05) is 17.6 Å². The second kappa shape index (κ2) is 7.25. The molecule has 1 aromatic heterocycles. The summed E-state index contributed by atoms with van der Waals surface area (Å²) in [7, 11) is 0. The van der Waals surface area contributed by atoms with E-state index in [1.165, 1.54) is 36.6 Å². The van der Waals surface area contributed by atoms with Gasteiger partial charge in [-0.1, -0.05) is 38.3 Å². The van der Waals surface area contributed by atoms with Crippen molar-refractivity contribution in [1.82, 2.24) is 10.3 Å². The molecule has 0 spiro atoms. The minimum atomic E-state index is 0.954. The van der Waals surface area contributed by atoms with Gasteiger partial charge in [0.1, 0.15) is 0 Å². The lowest BCUT2D eigenvalue weighted by atomic mass is 10.1. The van der Waals surface area contributed by atoms with Gasteiger partial charge in [0.15, 0.2) is 0 Å². The Bertz CT molecular complexity index is 520.